The number of hydrogen-bond acceptors (Lipinski definition) is 3. The summed E-state index contributed by atoms with van der Waals surface area (Å²) in [4.78, 5) is 12.2. The summed E-state index contributed by atoms with van der Waals surface area (Å²) in [5, 5.41) is 0. The molecule has 1 aliphatic rings. The van der Waals surface area contributed by atoms with Crippen LogP contribution in [0.1, 0.15) is 59.8 Å². The second kappa shape index (κ2) is 6.35. The minimum Gasteiger partial charge on any atom is -0.469 e. The van der Waals surface area contributed by atoms with Gasteiger partial charge < -0.3 is 4.74 Å². The largest absolute Gasteiger partial charge is 0.469 e. The highest BCUT2D eigenvalue weighted by Crippen LogP contribution is 2.43. The lowest BCUT2D eigenvalue weighted by atomic mass is 9.78. The van der Waals surface area contributed by atoms with Crippen molar-refractivity contribution in [3.63, 3.8) is 0 Å². The van der Waals surface area contributed by atoms with Crippen LogP contribution in [0.3, 0.4) is 0 Å². The van der Waals surface area contributed by atoms with Gasteiger partial charge in [-0.25, -0.2) is 8.93 Å². The van der Waals surface area contributed by atoms with E-state index in [1.165, 1.54) is 7.11 Å². The van der Waals surface area contributed by atoms with Gasteiger partial charge in [-0.15, -0.1) is 0 Å². The SMILES string of the molecule is CCC(N[S@](=O)C(C)(C)C)C1(C(=O)OC)CCCC1. The summed E-state index contributed by atoms with van der Waals surface area (Å²) in [6.45, 7) is 7.83. The summed E-state index contributed by atoms with van der Waals surface area (Å²) in [7, 11) is 0.275. The van der Waals surface area contributed by atoms with Crippen molar-refractivity contribution in [2.24, 2.45) is 5.41 Å². The van der Waals surface area contributed by atoms with Gasteiger partial charge in [-0.05, 0) is 40.0 Å². The van der Waals surface area contributed by atoms with Crippen LogP contribution in [0.2, 0.25) is 0 Å². The first-order chi connectivity index (χ1) is 8.78. The van der Waals surface area contributed by atoms with Crippen molar-refractivity contribution in [3.8, 4) is 0 Å². The highest BCUT2D eigenvalue weighted by atomic mass is 32.2. The number of ether oxygens (including phenoxy) is 1. The van der Waals surface area contributed by atoms with E-state index in [4.69, 9.17) is 4.74 Å². The first-order valence-corrected chi connectivity index (χ1v) is 8.19. The van der Waals surface area contributed by atoms with E-state index in [0.717, 1.165) is 32.1 Å². The van der Waals surface area contributed by atoms with Gasteiger partial charge in [0.15, 0.2) is 0 Å². The highest BCUT2D eigenvalue weighted by molar-refractivity contribution is 7.84. The van der Waals surface area contributed by atoms with E-state index < -0.39 is 16.4 Å². The van der Waals surface area contributed by atoms with Gasteiger partial charge >= 0.3 is 5.97 Å². The molecule has 1 saturated carbocycles. The molecule has 0 aromatic carbocycles. The molecule has 2 atom stereocenters. The Morgan fingerprint density at radius 2 is 1.89 bits per heavy atom. The third kappa shape index (κ3) is 3.57. The molecule has 4 nitrogen and oxygen atoms in total. The zero-order valence-corrected chi connectivity index (χ0v) is 13.6. The molecule has 5 heteroatoms. The molecule has 0 aromatic heterocycles. The van der Waals surface area contributed by atoms with Crippen LogP contribution in [-0.4, -0.2) is 28.1 Å². The summed E-state index contributed by atoms with van der Waals surface area (Å²) < 4.78 is 20.1. The number of esters is 1. The van der Waals surface area contributed by atoms with Crippen molar-refractivity contribution in [1.82, 2.24) is 4.72 Å². The Bertz CT molecular complexity index is 343. The summed E-state index contributed by atoms with van der Waals surface area (Å²) in [5.41, 5.74) is -0.496. The Labute approximate surface area is 119 Å². The average Bonchev–Trinajstić information content (AvgIpc) is 2.83. The molecular weight excluding hydrogens is 262 g/mol. The third-order valence-corrected chi connectivity index (χ3v) is 5.58. The van der Waals surface area contributed by atoms with Crippen LogP contribution in [0.25, 0.3) is 0 Å². The van der Waals surface area contributed by atoms with Crippen LogP contribution in [0.5, 0.6) is 0 Å². The van der Waals surface area contributed by atoms with Crippen LogP contribution in [0.4, 0.5) is 0 Å². The molecule has 1 unspecified atom stereocenters. The lowest BCUT2D eigenvalue weighted by molar-refractivity contribution is -0.154. The van der Waals surface area contributed by atoms with Crippen molar-refractivity contribution in [2.75, 3.05) is 7.11 Å². The van der Waals surface area contributed by atoms with Crippen molar-refractivity contribution in [1.29, 1.82) is 0 Å². The Morgan fingerprint density at radius 3 is 2.26 bits per heavy atom. The topological polar surface area (TPSA) is 55.4 Å². The Kier molecular flexibility index (Phi) is 5.56. The zero-order valence-electron chi connectivity index (χ0n) is 12.7. The van der Waals surface area contributed by atoms with Crippen molar-refractivity contribution in [2.45, 2.75) is 70.6 Å². The molecule has 19 heavy (non-hydrogen) atoms. The van der Waals surface area contributed by atoms with Crippen LogP contribution < -0.4 is 4.72 Å². The fourth-order valence-electron chi connectivity index (χ4n) is 2.80. The highest BCUT2D eigenvalue weighted by Gasteiger charge is 2.48. The fourth-order valence-corrected chi connectivity index (χ4v) is 3.80. The number of carbonyl (C=O) groups excluding carboxylic acids is 1. The van der Waals surface area contributed by atoms with E-state index in [9.17, 15) is 9.00 Å². The molecule has 0 aromatic rings. The fraction of sp³-hybridized carbons (Fsp3) is 0.929. The predicted molar refractivity (Wildman–Crippen MR) is 78.0 cm³/mol. The second-order valence-corrected chi connectivity index (χ2v) is 8.31. The molecule has 1 aliphatic carbocycles. The summed E-state index contributed by atoms with van der Waals surface area (Å²) >= 11 is 0. The number of methoxy groups -OCH3 is 1. The van der Waals surface area contributed by atoms with Gasteiger partial charge in [-0.3, -0.25) is 4.79 Å². The maximum Gasteiger partial charge on any atom is 0.313 e. The zero-order chi connectivity index (χ0) is 14.7. The van der Waals surface area contributed by atoms with E-state index >= 15 is 0 Å². The lowest BCUT2D eigenvalue weighted by Gasteiger charge is -2.36. The molecular formula is C14H27NO3S. The van der Waals surface area contributed by atoms with Gasteiger partial charge in [0.05, 0.1) is 28.3 Å². The van der Waals surface area contributed by atoms with E-state index in [1.807, 2.05) is 27.7 Å². The van der Waals surface area contributed by atoms with Crippen molar-refractivity contribution in [3.05, 3.63) is 0 Å². The molecule has 0 radical (unpaired) electrons. The van der Waals surface area contributed by atoms with Crippen molar-refractivity contribution < 1.29 is 13.7 Å². The Hall–Kier alpha value is -0.420. The van der Waals surface area contributed by atoms with Crippen LogP contribution in [0.15, 0.2) is 0 Å². The van der Waals surface area contributed by atoms with Gasteiger partial charge in [0.25, 0.3) is 0 Å². The predicted octanol–water partition coefficient (Wildman–Crippen LogP) is 2.55. The van der Waals surface area contributed by atoms with Gasteiger partial charge in [0.1, 0.15) is 0 Å². The summed E-state index contributed by atoms with van der Waals surface area (Å²) in [6, 6.07) is -0.0810. The molecule has 112 valence electrons. The molecule has 0 spiro atoms. The summed E-state index contributed by atoms with van der Waals surface area (Å²) in [5.74, 6) is -0.157. The maximum absolute atomic E-state index is 12.3. The Balaban J connectivity index is 2.93. The minimum atomic E-state index is -1.17. The third-order valence-electron chi connectivity index (χ3n) is 3.97. The maximum atomic E-state index is 12.3. The smallest absolute Gasteiger partial charge is 0.313 e. The van der Waals surface area contributed by atoms with Gasteiger partial charge in [-0.1, -0.05) is 19.8 Å². The first-order valence-electron chi connectivity index (χ1n) is 7.04. The second-order valence-electron chi connectivity index (χ2n) is 6.31. The molecule has 0 amide bonds. The van der Waals surface area contributed by atoms with Gasteiger partial charge in [0, 0.05) is 6.04 Å². The molecule has 0 bridgehead atoms. The van der Waals surface area contributed by atoms with E-state index in [-0.39, 0.29) is 16.8 Å². The normalized spacial score (nSPS) is 21.9. The molecule has 0 heterocycles. The molecule has 1 N–H and O–H groups in total. The molecule has 0 aliphatic heterocycles. The standard InChI is InChI=1S/C14H27NO3S/c1-6-11(15-19(17)13(2,3)4)14(12(16)18-5)9-7-8-10-14/h11,15H,6-10H2,1-5H3/t11?,19-/m1/s1. The van der Waals surface area contributed by atoms with Crippen LogP contribution in [-0.2, 0) is 20.5 Å². The first kappa shape index (κ1) is 16.6. The molecule has 1 rings (SSSR count). The van der Waals surface area contributed by atoms with Gasteiger partial charge in [0.2, 0.25) is 0 Å². The molecule has 0 saturated heterocycles. The number of hydrogen-bond donors (Lipinski definition) is 1. The van der Waals surface area contributed by atoms with E-state index in [1.54, 1.807) is 0 Å². The quantitative estimate of drug-likeness (QED) is 0.791. The van der Waals surface area contributed by atoms with E-state index in [0.29, 0.717) is 0 Å². The Morgan fingerprint density at radius 1 is 1.37 bits per heavy atom. The monoisotopic (exact) mass is 289 g/mol. The minimum absolute atomic E-state index is 0.0810. The van der Waals surface area contributed by atoms with Gasteiger partial charge in [-0.2, -0.15) is 0 Å². The number of carbonyl (C=O) groups is 1. The van der Waals surface area contributed by atoms with Crippen LogP contribution >= 0.6 is 0 Å². The lowest BCUT2D eigenvalue weighted by Crippen LogP contribution is -2.52. The van der Waals surface area contributed by atoms with E-state index in [2.05, 4.69) is 4.72 Å². The van der Waals surface area contributed by atoms with Crippen LogP contribution in [0, 0.1) is 5.41 Å². The number of nitrogens with one attached hydrogen (secondary N) is 1. The summed E-state index contributed by atoms with van der Waals surface area (Å²) in [6.07, 6.45) is 4.50. The van der Waals surface area contributed by atoms with Crippen molar-refractivity contribution >= 4 is 17.0 Å². The average molecular weight is 289 g/mol. The molecule has 1 fully saturated rings. The number of rotatable bonds is 5.